The third kappa shape index (κ3) is 2.01. The molecule has 0 radical (unpaired) electrons. The number of aryl methyl sites for hydroxylation is 1. The molecular weight excluding hydrogens is 230 g/mol. The molecule has 1 saturated heterocycles. The third-order valence-corrected chi connectivity index (χ3v) is 3.76. The van der Waals surface area contributed by atoms with Crippen molar-refractivity contribution >= 4 is 5.91 Å². The average Bonchev–Trinajstić information content (AvgIpc) is 3.06. The molecule has 0 aromatic carbocycles. The highest BCUT2D eigenvalue weighted by Crippen LogP contribution is 2.19. The first-order valence-electron chi connectivity index (χ1n) is 6.71. The number of hydrogen-bond donors (Lipinski definition) is 2. The summed E-state index contributed by atoms with van der Waals surface area (Å²) in [5.74, 6) is 2.01. The molecule has 1 amide bonds. The number of nitrogens with one attached hydrogen (secondary N) is 2. The van der Waals surface area contributed by atoms with Crippen LogP contribution in [0.2, 0.25) is 0 Å². The Hall–Kier alpha value is -1.43. The first kappa shape index (κ1) is 11.6. The van der Waals surface area contributed by atoms with Crippen molar-refractivity contribution in [3.63, 3.8) is 0 Å². The lowest BCUT2D eigenvalue weighted by Crippen LogP contribution is -2.41. The van der Waals surface area contributed by atoms with Crippen LogP contribution in [-0.4, -0.2) is 33.3 Å². The second-order valence-electron chi connectivity index (χ2n) is 5.11. The first-order chi connectivity index (χ1) is 8.75. The highest BCUT2D eigenvalue weighted by Gasteiger charge is 2.26. The lowest BCUT2D eigenvalue weighted by atomic mass is 10.2. The van der Waals surface area contributed by atoms with E-state index >= 15 is 0 Å². The van der Waals surface area contributed by atoms with Crippen LogP contribution < -0.4 is 10.6 Å². The van der Waals surface area contributed by atoms with Gasteiger partial charge in [0.15, 0.2) is 5.82 Å². The predicted octanol–water partition coefficient (Wildman–Crippen LogP) is 0.153. The summed E-state index contributed by atoms with van der Waals surface area (Å²) in [5, 5.41) is 14.6. The van der Waals surface area contributed by atoms with Gasteiger partial charge in [-0.1, -0.05) is 0 Å². The molecule has 2 aliphatic rings. The molecule has 0 aliphatic carbocycles. The van der Waals surface area contributed by atoms with Crippen LogP contribution in [0, 0.1) is 0 Å². The largest absolute Gasteiger partial charge is 0.345 e. The molecule has 2 N–H and O–H groups in total. The maximum Gasteiger partial charge on any atom is 0.237 e. The second kappa shape index (κ2) is 4.68. The van der Waals surface area contributed by atoms with Crippen LogP contribution in [-0.2, 0) is 17.8 Å². The molecule has 6 nitrogen and oxygen atoms in total. The molecule has 6 heteroatoms. The van der Waals surface area contributed by atoms with Crippen LogP contribution in [0.3, 0.4) is 0 Å². The molecule has 2 unspecified atom stereocenters. The van der Waals surface area contributed by atoms with E-state index in [9.17, 15) is 4.79 Å². The highest BCUT2D eigenvalue weighted by atomic mass is 16.2. The smallest absolute Gasteiger partial charge is 0.237 e. The van der Waals surface area contributed by atoms with Gasteiger partial charge in [0.1, 0.15) is 5.82 Å². The number of carbonyl (C=O) groups excluding carboxylic acids is 1. The second-order valence-corrected chi connectivity index (χ2v) is 5.11. The Labute approximate surface area is 106 Å². The Morgan fingerprint density at radius 1 is 1.50 bits per heavy atom. The van der Waals surface area contributed by atoms with Gasteiger partial charge in [0.2, 0.25) is 5.91 Å². The van der Waals surface area contributed by atoms with E-state index in [2.05, 4.69) is 25.4 Å². The predicted molar refractivity (Wildman–Crippen MR) is 65.9 cm³/mol. The molecule has 1 fully saturated rings. The number of amides is 1. The summed E-state index contributed by atoms with van der Waals surface area (Å²) in [5.41, 5.74) is 0. The summed E-state index contributed by atoms with van der Waals surface area (Å²) < 4.78 is 2.13. The number of aromatic nitrogens is 3. The monoisotopic (exact) mass is 249 g/mol. The van der Waals surface area contributed by atoms with Gasteiger partial charge in [0, 0.05) is 13.0 Å². The Kier molecular flexibility index (Phi) is 3.03. The van der Waals surface area contributed by atoms with Crippen LogP contribution in [0.4, 0.5) is 0 Å². The van der Waals surface area contributed by atoms with Gasteiger partial charge >= 0.3 is 0 Å². The summed E-state index contributed by atoms with van der Waals surface area (Å²) >= 11 is 0. The van der Waals surface area contributed by atoms with Gasteiger partial charge in [-0.3, -0.25) is 4.79 Å². The molecule has 0 bridgehead atoms. The SMILES string of the molecule is CC(NC(=O)C1CCCN1)c1nnc2n1CCC2. The molecule has 0 saturated carbocycles. The molecule has 2 atom stereocenters. The van der Waals surface area contributed by atoms with Gasteiger partial charge in [-0.25, -0.2) is 0 Å². The van der Waals surface area contributed by atoms with Crippen molar-refractivity contribution in [1.82, 2.24) is 25.4 Å². The first-order valence-corrected chi connectivity index (χ1v) is 6.71. The quantitative estimate of drug-likeness (QED) is 0.800. The molecule has 18 heavy (non-hydrogen) atoms. The van der Waals surface area contributed by atoms with E-state index in [1.54, 1.807) is 0 Å². The lowest BCUT2D eigenvalue weighted by molar-refractivity contribution is -0.123. The molecule has 98 valence electrons. The minimum absolute atomic E-state index is 0.0339. The minimum atomic E-state index is -0.0701. The molecule has 3 heterocycles. The molecule has 2 aliphatic heterocycles. The van der Waals surface area contributed by atoms with E-state index in [-0.39, 0.29) is 18.0 Å². The number of carbonyl (C=O) groups is 1. The van der Waals surface area contributed by atoms with Crippen molar-refractivity contribution in [3.05, 3.63) is 11.6 Å². The molecule has 0 spiro atoms. The van der Waals surface area contributed by atoms with Crippen LogP contribution in [0.15, 0.2) is 0 Å². The van der Waals surface area contributed by atoms with Crippen LogP contribution in [0.25, 0.3) is 0 Å². The molecule has 1 aromatic heterocycles. The zero-order valence-electron chi connectivity index (χ0n) is 10.6. The van der Waals surface area contributed by atoms with Gasteiger partial charge in [-0.2, -0.15) is 0 Å². The summed E-state index contributed by atoms with van der Waals surface area (Å²) in [4.78, 5) is 12.0. The van der Waals surface area contributed by atoms with Crippen LogP contribution in [0.1, 0.15) is 43.9 Å². The molecule has 3 rings (SSSR count). The number of fused-ring (bicyclic) bond motifs is 1. The summed E-state index contributed by atoms with van der Waals surface area (Å²) in [6.07, 6.45) is 4.13. The summed E-state index contributed by atoms with van der Waals surface area (Å²) in [7, 11) is 0. The van der Waals surface area contributed by atoms with Crippen molar-refractivity contribution < 1.29 is 4.79 Å². The van der Waals surface area contributed by atoms with Crippen molar-refractivity contribution in [3.8, 4) is 0 Å². The normalized spacial score (nSPS) is 23.9. The highest BCUT2D eigenvalue weighted by molar-refractivity contribution is 5.82. The zero-order valence-corrected chi connectivity index (χ0v) is 10.6. The Morgan fingerprint density at radius 2 is 2.39 bits per heavy atom. The van der Waals surface area contributed by atoms with E-state index in [0.717, 1.165) is 50.4 Å². The Bertz CT molecular complexity index is 449. The van der Waals surface area contributed by atoms with Crippen molar-refractivity contribution in [2.75, 3.05) is 6.54 Å². The fourth-order valence-corrected chi connectivity index (χ4v) is 2.78. The topological polar surface area (TPSA) is 71.8 Å². The van der Waals surface area contributed by atoms with E-state index in [4.69, 9.17) is 0 Å². The Morgan fingerprint density at radius 3 is 3.17 bits per heavy atom. The Balaban J connectivity index is 1.67. The zero-order chi connectivity index (χ0) is 12.5. The number of nitrogens with zero attached hydrogens (tertiary/aromatic N) is 3. The van der Waals surface area contributed by atoms with Crippen molar-refractivity contribution in [2.24, 2.45) is 0 Å². The van der Waals surface area contributed by atoms with Gasteiger partial charge in [-0.05, 0) is 32.7 Å². The van der Waals surface area contributed by atoms with E-state index in [1.807, 2.05) is 6.92 Å². The number of rotatable bonds is 3. The van der Waals surface area contributed by atoms with Crippen LogP contribution >= 0.6 is 0 Å². The maximum absolute atomic E-state index is 12.0. The molecule has 1 aromatic rings. The minimum Gasteiger partial charge on any atom is -0.345 e. The van der Waals surface area contributed by atoms with Gasteiger partial charge in [-0.15, -0.1) is 10.2 Å². The number of hydrogen-bond acceptors (Lipinski definition) is 4. The fourth-order valence-electron chi connectivity index (χ4n) is 2.78. The fraction of sp³-hybridized carbons (Fsp3) is 0.750. The average molecular weight is 249 g/mol. The van der Waals surface area contributed by atoms with Crippen molar-refractivity contribution in [1.29, 1.82) is 0 Å². The van der Waals surface area contributed by atoms with E-state index in [0.29, 0.717) is 0 Å². The standard InChI is InChI=1S/C12H19N5O/c1-8(14-12(18)9-4-2-6-13-9)11-16-15-10-5-3-7-17(10)11/h8-9,13H,2-7H2,1H3,(H,14,18). The van der Waals surface area contributed by atoms with Gasteiger partial charge < -0.3 is 15.2 Å². The molecular formula is C12H19N5O. The van der Waals surface area contributed by atoms with Crippen molar-refractivity contribution in [2.45, 2.75) is 51.2 Å². The third-order valence-electron chi connectivity index (χ3n) is 3.76. The van der Waals surface area contributed by atoms with Gasteiger partial charge in [0.05, 0.1) is 12.1 Å². The van der Waals surface area contributed by atoms with Crippen LogP contribution in [0.5, 0.6) is 0 Å². The van der Waals surface area contributed by atoms with E-state index in [1.165, 1.54) is 0 Å². The van der Waals surface area contributed by atoms with Gasteiger partial charge in [0.25, 0.3) is 0 Å². The lowest BCUT2D eigenvalue weighted by Gasteiger charge is -2.17. The van der Waals surface area contributed by atoms with E-state index < -0.39 is 0 Å². The summed E-state index contributed by atoms with van der Waals surface area (Å²) in [6, 6.07) is -0.104. The summed E-state index contributed by atoms with van der Waals surface area (Å²) in [6.45, 7) is 3.88. The maximum atomic E-state index is 12.0.